The number of carbonyl (C=O) groups is 1. The van der Waals surface area contributed by atoms with Crippen LogP contribution >= 0.6 is 11.3 Å². The van der Waals surface area contributed by atoms with Gasteiger partial charge >= 0.3 is 5.97 Å². The van der Waals surface area contributed by atoms with Gasteiger partial charge in [-0.15, -0.1) is 5.10 Å². The number of aliphatic hydroxyl groups is 1. The first kappa shape index (κ1) is 12.7. The molecule has 0 unspecified atom stereocenters. The topological polar surface area (TPSA) is 90.1 Å². The maximum absolute atomic E-state index is 11.5. The summed E-state index contributed by atoms with van der Waals surface area (Å²) in [5.41, 5.74) is 0.869. The molecule has 0 spiro atoms. The van der Waals surface area contributed by atoms with Gasteiger partial charge in [-0.3, -0.25) is 4.79 Å². The summed E-state index contributed by atoms with van der Waals surface area (Å²) in [6.45, 7) is 0.160. The molecule has 1 N–H and O–H groups in total. The van der Waals surface area contributed by atoms with Crippen LogP contribution in [0.15, 0.2) is 16.8 Å². The number of ether oxygens (including phenoxy) is 1. The van der Waals surface area contributed by atoms with Crippen molar-refractivity contribution in [3.63, 3.8) is 0 Å². The van der Waals surface area contributed by atoms with Crippen LogP contribution in [0.2, 0.25) is 0 Å². The molecule has 0 saturated carbocycles. The lowest BCUT2D eigenvalue weighted by atomic mass is 10.3. The van der Waals surface area contributed by atoms with E-state index in [4.69, 9.17) is 9.84 Å². The lowest BCUT2D eigenvalue weighted by Crippen LogP contribution is -2.16. The molecule has 0 fully saturated rings. The molecule has 0 aliphatic carbocycles. The van der Waals surface area contributed by atoms with Gasteiger partial charge in [-0.1, -0.05) is 0 Å². The van der Waals surface area contributed by atoms with Gasteiger partial charge in [0.2, 0.25) is 0 Å². The van der Waals surface area contributed by atoms with Gasteiger partial charge in [0.05, 0.1) is 6.61 Å². The number of thiophene rings is 1. The quantitative estimate of drug-likeness (QED) is 0.599. The Kier molecular flexibility index (Phi) is 4.37. The van der Waals surface area contributed by atoms with Gasteiger partial charge in [-0.25, -0.2) is 4.68 Å². The first-order valence-electron chi connectivity index (χ1n) is 5.36. The Morgan fingerprint density at radius 1 is 1.56 bits per heavy atom. The highest BCUT2D eigenvalue weighted by Crippen LogP contribution is 2.18. The zero-order chi connectivity index (χ0) is 12.8. The minimum atomic E-state index is -0.424. The third-order valence-electron chi connectivity index (χ3n) is 2.16. The number of aliphatic hydroxyl groups excluding tert-OH is 1. The lowest BCUT2D eigenvalue weighted by Gasteiger charge is -2.04. The summed E-state index contributed by atoms with van der Waals surface area (Å²) in [4.78, 5) is 11.5. The molecule has 18 heavy (non-hydrogen) atoms. The van der Waals surface area contributed by atoms with Crippen LogP contribution in [0, 0.1) is 0 Å². The Labute approximate surface area is 107 Å². The molecule has 0 aliphatic rings. The summed E-state index contributed by atoms with van der Waals surface area (Å²) >= 11 is 1.53. The number of esters is 1. The molecular formula is C10H12N4O3S. The van der Waals surface area contributed by atoms with Crippen molar-refractivity contribution < 1.29 is 14.6 Å². The van der Waals surface area contributed by atoms with E-state index in [2.05, 4.69) is 15.5 Å². The van der Waals surface area contributed by atoms with Gasteiger partial charge in [0.15, 0.2) is 5.82 Å². The van der Waals surface area contributed by atoms with E-state index in [1.807, 2.05) is 16.8 Å². The van der Waals surface area contributed by atoms with E-state index in [0.717, 1.165) is 5.56 Å². The number of tetrazole rings is 1. The predicted octanol–water partition coefficient (Wildman–Crippen LogP) is 0.327. The summed E-state index contributed by atoms with van der Waals surface area (Å²) in [7, 11) is 0. The highest BCUT2D eigenvalue weighted by molar-refractivity contribution is 7.08. The van der Waals surface area contributed by atoms with Crippen LogP contribution in [0.3, 0.4) is 0 Å². The van der Waals surface area contributed by atoms with Crippen molar-refractivity contribution in [2.24, 2.45) is 0 Å². The van der Waals surface area contributed by atoms with E-state index in [9.17, 15) is 4.79 Å². The van der Waals surface area contributed by atoms with Crippen LogP contribution in [0.4, 0.5) is 0 Å². The van der Waals surface area contributed by atoms with E-state index in [1.54, 1.807) is 0 Å². The molecule has 0 aromatic carbocycles. The molecule has 2 rings (SSSR count). The molecule has 0 atom stereocenters. The van der Waals surface area contributed by atoms with E-state index < -0.39 is 5.97 Å². The molecule has 2 heterocycles. The molecule has 0 aliphatic heterocycles. The van der Waals surface area contributed by atoms with Gasteiger partial charge in [0, 0.05) is 24.0 Å². The van der Waals surface area contributed by atoms with Crippen molar-refractivity contribution in [3.8, 4) is 11.4 Å². The van der Waals surface area contributed by atoms with Gasteiger partial charge in [-0.2, -0.15) is 11.3 Å². The minimum absolute atomic E-state index is 0.00167. The second-order valence-electron chi connectivity index (χ2n) is 3.47. The highest BCUT2D eigenvalue weighted by Gasteiger charge is 2.13. The fourth-order valence-corrected chi connectivity index (χ4v) is 1.96. The monoisotopic (exact) mass is 268 g/mol. The third kappa shape index (κ3) is 3.11. The van der Waals surface area contributed by atoms with Gasteiger partial charge in [-0.05, 0) is 21.9 Å². The molecule has 0 amide bonds. The molecule has 2 aromatic heterocycles. The Bertz CT molecular complexity index is 497. The van der Waals surface area contributed by atoms with Crippen LogP contribution in [0.1, 0.15) is 6.42 Å². The Morgan fingerprint density at radius 3 is 3.17 bits per heavy atom. The molecule has 2 aromatic rings. The van der Waals surface area contributed by atoms with Crippen LogP contribution in [0.25, 0.3) is 11.4 Å². The van der Waals surface area contributed by atoms with Gasteiger partial charge in [0.1, 0.15) is 6.54 Å². The van der Waals surface area contributed by atoms with E-state index >= 15 is 0 Å². The van der Waals surface area contributed by atoms with Crippen LogP contribution in [-0.2, 0) is 16.1 Å². The molecular weight excluding hydrogens is 256 g/mol. The zero-order valence-electron chi connectivity index (χ0n) is 9.52. The minimum Gasteiger partial charge on any atom is -0.464 e. The van der Waals surface area contributed by atoms with Crippen molar-refractivity contribution in [1.82, 2.24) is 20.2 Å². The van der Waals surface area contributed by atoms with E-state index in [-0.39, 0.29) is 19.8 Å². The molecule has 7 nitrogen and oxygen atoms in total. The summed E-state index contributed by atoms with van der Waals surface area (Å²) in [5, 5.41) is 23.6. The lowest BCUT2D eigenvalue weighted by molar-refractivity contribution is -0.144. The Morgan fingerprint density at radius 2 is 2.44 bits per heavy atom. The summed E-state index contributed by atoms with van der Waals surface area (Å²) in [6, 6.07) is 1.88. The van der Waals surface area contributed by atoms with E-state index in [1.165, 1.54) is 16.0 Å². The zero-order valence-corrected chi connectivity index (χ0v) is 10.3. The standard InChI is InChI=1S/C10H12N4O3S/c15-3-1-4-17-9(16)6-14-10(11-12-13-14)8-2-5-18-7-8/h2,5,7,15H,1,3-4,6H2. The normalized spacial score (nSPS) is 10.5. The third-order valence-corrected chi connectivity index (χ3v) is 2.84. The number of carbonyl (C=O) groups excluding carboxylic acids is 1. The number of nitrogens with zero attached hydrogens (tertiary/aromatic N) is 4. The highest BCUT2D eigenvalue weighted by atomic mass is 32.1. The van der Waals surface area contributed by atoms with Crippen LogP contribution in [0.5, 0.6) is 0 Å². The van der Waals surface area contributed by atoms with Crippen molar-refractivity contribution in [3.05, 3.63) is 16.8 Å². The molecule has 96 valence electrons. The fraction of sp³-hybridized carbons (Fsp3) is 0.400. The summed E-state index contributed by atoms with van der Waals surface area (Å²) < 4.78 is 6.31. The Hall–Kier alpha value is -1.80. The Balaban J connectivity index is 1.98. The molecule has 0 saturated heterocycles. The second kappa shape index (κ2) is 6.22. The number of aromatic nitrogens is 4. The first-order valence-corrected chi connectivity index (χ1v) is 6.31. The van der Waals surface area contributed by atoms with Crippen molar-refractivity contribution in [2.75, 3.05) is 13.2 Å². The molecule has 8 heteroatoms. The van der Waals surface area contributed by atoms with Crippen LogP contribution < -0.4 is 0 Å². The number of rotatable bonds is 6. The molecule has 0 bridgehead atoms. The summed E-state index contributed by atoms with van der Waals surface area (Å²) in [5.74, 6) is 0.114. The SMILES string of the molecule is O=C(Cn1nnnc1-c1ccsc1)OCCCO. The maximum Gasteiger partial charge on any atom is 0.327 e. The average molecular weight is 268 g/mol. The number of hydrogen-bond donors (Lipinski definition) is 1. The second-order valence-corrected chi connectivity index (χ2v) is 4.25. The largest absolute Gasteiger partial charge is 0.464 e. The van der Waals surface area contributed by atoms with Crippen molar-refractivity contribution in [2.45, 2.75) is 13.0 Å². The van der Waals surface area contributed by atoms with Gasteiger partial charge < -0.3 is 9.84 Å². The summed E-state index contributed by atoms with van der Waals surface area (Å²) in [6.07, 6.45) is 0.429. The van der Waals surface area contributed by atoms with Crippen LogP contribution in [-0.4, -0.2) is 44.5 Å². The first-order chi connectivity index (χ1) is 8.81. The van der Waals surface area contributed by atoms with Crippen molar-refractivity contribution in [1.29, 1.82) is 0 Å². The fourth-order valence-electron chi connectivity index (χ4n) is 1.33. The predicted molar refractivity (Wildman–Crippen MR) is 63.8 cm³/mol. The van der Waals surface area contributed by atoms with Gasteiger partial charge in [0.25, 0.3) is 0 Å². The average Bonchev–Trinajstić information content (AvgIpc) is 2.99. The van der Waals surface area contributed by atoms with Crippen molar-refractivity contribution >= 4 is 17.3 Å². The molecule has 0 radical (unpaired) electrons. The number of hydrogen-bond acceptors (Lipinski definition) is 7. The smallest absolute Gasteiger partial charge is 0.327 e. The maximum atomic E-state index is 11.5. The van der Waals surface area contributed by atoms with E-state index in [0.29, 0.717) is 12.2 Å².